The van der Waals surface area contributed by atoms with E-state index in [4.69, 9.17) is 28.9 Å². The lowest BCUT2D eigenvalue weighted by atomic mass is 9.55. The van der Waals surface area contributed by atoms with Crippen LogP contribution in [0.15, 0.2) is 114 Å². The maximum absolute atomic E-state index is 14.9. The molecule has 2 heterocycles. The van der Waals surface area contributed by atoms with Crippen LogP contribution in [0.5, 0.6) is 17.2 Å². The molecular weight excluding hydrogens is 812 g/mol. The molecule has 3 fully saturated rings. The number of fused-ring (bicyclic) bond motifs is 3. The largest absolute Gasteiger partial charge is 0.459 e. The highest BCUT2D eigenvalue weighted by Gasteiger charge is 2.66. The summed E-state index contributed by atoms with van der Waals surface area (Å²) < 4.78 is 41.7. The molecule has 0 bridgehead atoms. The summed E-state index contributed by atoms with van der Waals surface area (Å²) in [6.07, 6.45) is 12.7. The summed E-state index contributed by atoms with van der Waals surface area (Å²) in [4.78, 5) is 23.1. The van der Waals surface area contributed by atoms with Crippen LogP contribution in [0.4, 0.5) is 4.39 Å². The average molecular weight is 873 g/mol. The molecule has 0 spiro atoms. The van der Waals surface area contributed by atoms with Crippen molar-refractivity contribution in [1.82, 2.24) is 4.90 Å². The second-order valence-electron chi connectivity index (χ2n) is 18.2. The lowest BCUT2D eigenvalue weighted by Gasteiger charge is -2.60. The van der Waals surface area contributed by atoms with Gasteiger partial charge in [0.05, 0.1) is 24.8 Å². The van der Waals surface area contributed by atoms with Gasteiger partial charge in [-0.3, -0.25) is 4.79 Å². The maximum atomic E-state index is 14.9. The number of ether oxygens (including phenoxy) is 4. The predicted molar refractivity (Wildman–Crippen MR) is 243 cm³/mol. The summed E-state index contributed by atoms with van der Waals surface area (Å²) in [5.74, 6) is -0.422. The number of benzene rings is 4. The summed E-state index contributed by atoms with van der Waals surface area (Å²) in [7, 11) is 0. The van der Waals surface area contributed by atoms with Crippen LogP contribution in [0, 0.1) is 29.5 Å². The molecule has 11 heteroatoms. The topological polar surface area (TPSA) is 119 Å². The fourth-order valence-corrected chi connectivity index (χ4v) is 10.7. The van der Waals surface area contributed by atoms with Crippen molar-refractivity contribution in [2.24, 2.45) is 28.8 Å². The molecule has 4 aromatic carbocycles. The standard InChI is InChI=1S/C53H61FN2O8/c1-2-28-61-53-48(56(52(59)37-18-19-37)34-35-16-21-40(54)22-17-35)33-46(55-64-49-15-7-10-29-60-49)44-31-39(13-5-8-26-57)43(14-6-9-27-58)50(51(44)53)45-32-42(24-25-47(45)63-53)62-41-23-20-36-11-3-4-12-38(36)30-41/h2-4,11-12,16-17,20-25,30-32,37,39,43,48-51,57-58H,1,5-10,13-15,18-19,26-29,33-34H2/t39-,43+,48-,49?,50+,51+,53+/m0/s1. The van der Waals surface area contributed by atoms with Gasteiger partial charge in [-0.15, -0.1) is 6.58 Å². The molecule has 10 nitrogen and oxygen atoms in total. The summed E-state index contributed by atoms with van der Waals surface area (Å²) in [5, 5.41) is 27.2. The number of allylic oxidation sites excluding steroid dienone is 1. The van der Waals surface area contributed by atoms with Crippen LogP contribution in [-0.4, -0.2) is 71.3 Å². The Hall–Kier alpha value is -5.07. The average Bonchev–Trinajstić information content (AvgIpc) is 4.18. The molecule has 0 radical (unpaired) electrons. The van der Waals surface area contributed by atoms with Gasteiger partial charge >= 0.3 is 0 Å². The van der Waals surface area contributed by atoms with Crippen LogP contribution in [-0.2, 0) is 25.7 Å². The summed E-state index contributed by atoms with van der Waals surface area (Å²) in [6.45, 7) is 5.24. The van der Waals surface area contributed by atoms with E-state index in [0.717, 1.165) is 91.0 Å². The number of hydrogen-bond donors (Lipinski definition) is 2. The van der Waals surface area contributed by atoms with E-state index in [1.807, 2.05) is 41.3 Å². The molecule has 338 valence electrons. The van der Waals surface area contributed by atoms with Gasteiger partial charge in [0.2, 0.25) is 18.0 Å². The fraction of sp³-hybridized carbons (Fsp3) is 0.472. The molecule has 0 aromatic heterocycles. The second-order valence-corrected chi connectivity index (χ2v) is 18.2. The highest BCUT2D eigenvalue weighted by Crippen LogP contribution is 2.62. The molecule has 1 amide bonds. The minimum Gasteiger partial charge on any atom is -0.459 e. The molecular formula is C53H61FN2O8. The van der Waals surface area contributed by atoms with E-state index in [2.05, 4.69) is 36.9 Å². The number of hydrogen-bond acceptors (Lipinski definition) is 9. The molecule has 5 aliphatic rings. The lowest BCUT2D eigenvalue weighted by molar-refractivity contribution is -0.258. The van der Waals surface area contributed by atoms with Crippen molar-refractivity contribution < 1.29 is 43.2 Å². The summed E-state index contributed by atoms with van der Waals surface area (Å²) >= 11 is 0. The van der Waals surface area contributed by atoms with Crippen molar-refractivity contribution in [3.63, 3.8) is 0 Å². The van der Waals surface area contributed by atoms with E-state index in [0.29, 0.717) is 36.7 Å². The molecule has 7 atom stereocenters. The Kier molecular flexibility index (Phi) is 13.8. The number of carbonyl (C=O) groups excluding carboxylic acids is 1. The zero-order valence-electron chi connectivity index (χ0n) is 36.6. The van der Waals surface area contributed by atoms with Gasteiger partial charge < -0.3 is 38.9 Å². The van der Waals surface area contributed by atoms with Crippen molar-refractivity contribution in [1.29, 1.82) is 0 Å². The van der Waals surface area contributed by atoms with Crippen LogP contribution in [0.25, 0.3) is 10.8 Å². The Labute approximate surface area is 375 Å². The highest BCUT2D eigenvalue weighted by atomic mass is 19.1. The van der Waals surface area contributed by atoms with Crippen molar-refractivity contribution in [3.05, 3.63) is 126 Å². The van der Waals surface area contributed by atoms with Gasteiger partial charge in [-0.2, -0.15) is 0 Å². The normalized spacial score (nSPS) is 26.6. The first kappa shape index (κ1) is 44.1. The fourth-order valence-electron chi connectivity index (χ4n) is 10.7. The minimum absolute atomic E-state index is 0.00137. The molecule has 2 aliphatic heterocycles. The summed E-state index contributed by atoms with van der Waals surface area (Å²) in [5.41, 5.74) is 3.44. The number of aliphatic hydroxyl groups excluding tert-OH is 2. The van der Waals surface area contributed by atoms with E-state index >= 15 is 0 Å². The first-order valence-electron chi connectivity index (χ1n) is 23.5. The lowest BCUT2D eigenvalue weighted by Crippen LogP contribution is -2.70. The van der Waals surface area contributed by atoms with Crippen molar-refractivity contribution >= 4 is 22.4 Å². The molecule has 2 saturated carbocycles. The number of nitrogens with zero attached hydrogens (tertiary/aromatic N) is 2. The SMILES string of the molecule is C=CCO[C@@]12Oc3ccc(Oc4ccc5ccccc5c4)cc3[C@H]3[C@H](CCCCO)[C@@H](CCCCO)C=C(C(=NOC4CCCCO4)C[C@@H]1N(Cc1ccc(F)cc1)C(=O)C1CC1)[C@H]32. The van der Waals surface area contributed by atoms with Gasteiger partial charge in [0.15, 0.2) is 0 Å². The van der Waals surface area contributed by atoms with Crippen molar-refractivity contribution in [3.8, 4) is 17.2 Å². The van der Waals surface area contributed by atoms with Crippen LogP contribution < -0.4 is 9.47 Å². The highest BCUT2D eigenvalue weighted by molar-refractivity contribution is 6.03. The van der Waals surface area contributed by atoms with Crippen LogP contribution in [0.3, 0.4) is 0 Å². The molecule has 1 unspecified atom stereocenters. The molecule has 9 rings (SSSR count). The van der Waals surface area contributed by atoms with Gasteiger partial charge in [0, 0.05) is 50.0 Å². The third-order valence-corrected chi connectivity index (χ3v) is 13.9. The van der Waals surface area contributed by atoms with E-state index < -0.39 is 24.0 Å². The molecule has 2 N–H and O–H groups in total. The molecule has 3 aliphatic carbocycles. The maximum Gasteiger partial charge on any atom is 0.239 e. The number of amides is 1. The zero-order valence-corrected chi connectivity index (χ0v) is 36.6. The van der Waals surface area contributed by atoms with E-state index in [-0.39, 0.29) is 68.2 Å². The quantitative estimate of drug-likeness (QED) is 0.0543. The number of unbranched alkanes of at least 4 members (excludes halogenated alkanes) is 2. The number of halogens is 1. The monoisotopic (exact) mass is 872 g/mol. The smallest absolute Gasteiger partial charge is 0.239 e. The predicted octanol–water partition coefficient (Wildman–Crippen LogP) is 10.4. The van der Waals surface area contributed by atoms with E-state index in [1.165, 1.54) is 12.1 Å². The number of carbonyl (C=O) groups is 1. The first-order chi connectivity index (χ1) is 31.4. The molecule has 64 heavy (non-hydrogen) atoms. The van der Waals surface area contributed by atoms with Crippen LogP contribution >= 0.6 is 0 Å². The van der Waals surface area contributed by atoms with Gasteiger partial charge in [0.1, 0.15) is 29.1 Å². The summed E-state index contributed by atoms with van der Waals surface area (Å²) in [6, 6.07) is 26.0. The zero-order chi connectivity index (χ0) is 44.0. The Bertz CT molecular complexity index is 2320. The minimum atomic E-state index is -1.41. The van der Waals surface area contributed by atoms with Crippen molar-refractivity contribution in [2.45, 2.75) is 108 Å². The number of oxime groups is 1. The molecule has 4 aromatic rings. The van der Waals surface area contributed by atoms with E-state index in [1.54, 1.807) is 18.2 Å². The Morgan fingerprint density at radius 1 is 0.906 bits per heavy atom. The van der Waals surface area contributed by atoms with Gasteiger partial charge in [-0.05, 0) is 128 Å². The number of aliphatic hydroxyl groups is 2. The Morgan fingerprint density at radius 2 is 1.67 bits per heavy atom. The Balaban J connectivity index is 1.23. The van der Waals surface area contributed by atoms with Gasteiger partial charge in [0.25, 0.3) is 0 Å². The van der Waals surface area contributed by atoms with Crippen LogP contribution in [0.1, 0.15) is 94.1 Å². The van der Waals surface area contributed by atoms with Gasteiger partial charge in [-0.25, -0.2) is 4.39 Å². The van der Waals surface area contributed by atoms with Crippen molar-refractivity contribution in [2.75, 3.05) is 26.4 Å². The Morgan fingerprint density at radius 3 is 2.42 bits per heavy atom. The number of rotatable bonds is 19. The second kappa shape index (κ2) is 20.0. The molecule has 1 saturated heterocycles. The van der Waals surface area contributed by atoms with Crippen LogP contribution in [0.2, 0.25) is 0 Å². The third kappa shape index (κ3) is 9.36. The third-order valence-electron chi connectivity index (χ3n) is 13.9. The van der Waals surface area contributed by atoms with Gasteiger partial charge in [-0.1, -0.05) is 72.6 Å². The first-order valence-corrected chi connectivity index (χ1v) is 23.5. The van der Waals surface area contributed by atoms with E-state index in [9.17, 15) is 19.4 Å².